The number of hydrogen-bond acceptors (Lipinski definition) is 4. The Balaban J connectivity index is 1.74. The number of carbonyl (C=O) groups excluding carboxylic acids is 2. The summed E-state index contributed by atoms with van der Waals surface area (Å²) in [6.07, 6.45) is 0.321. The highest BCUT2D eigenvalue weighted by molar-refractivity contribution is 8.05. The van der Waals surface area contributed by atoms with E-state index in [1.54, 1.807) is 24.3 Å². The van der Waals surface area contributed by atoms with Gasteiger partial charge in [-0.15, -0.1) is 0 Å². The number of nitrogens with zero attached hydrogens (tertiary/aromatic N) is 2. The van der Waals surface area contributed by atoms with Crippen LogP contribution >= 0.6 is 35.0 Å². The van der Waals surface area contributed by atoms with E-state index in [0.717, 1.165) is 16.7 Å². The molecule has 1 N–H and O–H groups in total. The van der Waals surface area contributed by atoms with Crippen LogP contribution in [0.4, 0.5) is 11.4 Å². The van der Waals surface area contributed by atoms with E-state index in [2.05, 4.69) is 19.2 Å². The molecule has 0 bridgehead atoms. The number of halogens is 2. The van der Waals surface area contributed by atoms with Crippen LogP contribution in [0.5, 0.6) is 0 Å². The van der Waals surface area contributed by atoms with Crippen molar-refractivity contribution in [1.29, 1.82) is 5.26 Å². The summed E-state index contributed by atoms with van der Waals surface area (Å²) in [5.41, 5.74) is 3.90. The molecule has 0 aliphatic carbocycles. The topological polar surface area (TPSA) is 73.2 Å². The van der Waals surface area contributed by atoms with E-state index in [-0.39, 0.29) is 11.5 Å². The third kappa shape index (κ3) is 6.02. The van der Waals surface area contributed by atoms with Crippen molar-refractivity contribution in [3.63, 3.8) is 0 Å². The molecule has 0 spiro atoms. The maximum Gasteiger partial charge on any atom is 0.269 e. The first-order valence-electron chi connectivity index (χ1n) is 11.7. The number of thioether (sulfide) groups is 1. The van der Waals surface area contributed by atoms with Crippen LogP contribution in [-0.4, -0.2) is 17.1 Å². The lowest BCUT2D eigenvalue weighted by Crippen LogP contribution is -2.31. The van der Waals surface area contributed by atoms with E-state index in [4.69, 9.17) is 23.2 Å². The van der Waals surface area contributed by atoms with E-state index < -0.39 is 11.2 Å². The van der Waals surface area contributed by atoms with Gasteiger partial charge in [-0.3, -0.25) is 14.5 Å². The van der Waals surface area contributed by atoms with Gasteiger partial charge in [0.05, 0.1) is 5.25 Å². The standard InChI is InChI=1S/C29H25Cl2N3O2S/c1-17(2)19-8-11-23(12-9-19)34-28(36)26(14-20-7-10-21(30)15-25(20)31)37-29(34)24(16-32)27(35)33-22-6-4-5-18(3)13-22/h4-13,15,17,26H,14H2,1-3H3,(H,33,35)/b29-24-. The minimum absolute atomic E-state index is 0.127. The third-order valence-corrected chi connectivity index (χ3v) is 7.87. The molecule has 0 saturated carbocycles. The predicted molar refractivity (Wildman–Crippen MR) is 152 cm³/mol. The Hall–Kier alpha value is -3.24. The van der Waals surface area contributed by atoms with Gasteiger partial charge in [-0.2, -0.15) is 5.26 Å². The smallest absolute Gasteiger partial charge is 0.269 e. The first-order chi connectivity index (χ1) is 17.7. The Morgan fingerprint density at radius 3 is 2.46 bits per heavy atom. The van der Waals surface area contributed by atoms with E-state index in [9.17, 15) is 14.9 Å². The lowest BCUT2D eigenvalue weighted by molar-refractivity contribution is -0.117. The second-order valence-electron chi connectivity index (χ2n) is 9.08. The van der Waals surface area contributed by atoms with Crippen LogP contribution in [0.2, 0.25) is 10.0 Å². The van der Waals surface area contributed by atoms with Gasteiger partial charge in [0.15, 0.2) is 0 Å². The Labute approximate surface area is 231 Å². The van der Waals surface area contributed by atoms with Crippen LogP contribution < -0.4 is 10.2 Å². The summed E-state index contributed by atoms with van der Waals surface area (Å²) >= 11 is 13.6. The quantitative estimate of drug-likeness (QED) is 0.255. The molecule has 0 radical (unpaired) electrons. The van der Waals surface area contributed by atoms with E-state index in [1.807, 2.05) is 55.5 Å². The van der Waals surface area contributed by atoms with Gasteiger partial charge in [-0.25, -0.2) is 0 Å². The highest BCUT2D eigenvalue weighted by Crippen LogP contribution is 2.43. The monoisotopic (exact) mass is 549 g/mol. The van der Waals surface area contributed by atoms with Crippen LogP contribution in [0.25, 0.3) is 0 Å². The molecular formula is C29H25Cl2N3O2S. The summed E-state index contributed by atoms with van der Waals surface area (Å²) in [6.45, 7) is 6.10. The highest BCUT2D eigenvalue weighted by Gasteiger charge is 2.41. The zero-order chi connectivity index (χ0) is 26.7. The minimum Gasteiger partial charge on any atom is -0.321 e. The highest BCUT2D eigenvalue weighted by atomic mass is 35.5. The lowest BCUT2D eigenvalue weighted by Gasteiger charge is -2.19. The van der Waals surface area contributed by atoms with Crippen LogP contribution in [0.3, 0.4) is 0 Å². The number of nitriles is 1. The van der Waals surface area contributed by atoms with Gasteiger partial charge >= 0.3 is 0 Å². The molecule has 8 heteroatoms. The molecule has 4 rings (SSSR count). The van der Waals surface area contributed by atoms with Crippen molar-refractivity contribution < 1.29 is 9.59 Å². The van der Waals surface area contributed by atoms with Crippen LogP contribution in [0.1, 0.15) is 36.5 Å². The molecule has 1 fully saturated rings. The van der Waals surface area contributed by atoms with Crippen molar-refractivity contribution >= 4 is 58.2 Å². The average molecular weight is 551 g/mol. The fourth-order valence-electron chi connectivity index (χ4n) is 4.03. The fraction of sp³-hybridized carbons (Fsp3) is 0.207. The number of aryl methyl sites for hydroxylation is 1. The van der Waals surface area contributed by atoms with Crippen LogP contribution in [-0.2, 0) is 16.0 Å². The van der Waals surface area contributed by atoms with Gasteiger partial charge < -0.3 is 5.32 Å². The number of carbonyl (C=O) groups is 2. The number of nitrogens with one attached hydrogen (secondary N) is 1. The summed E-state index contributed by atoms with van der Waals surface area (Å²) in [7, 11) is 0. The predicted octanol–water partition coefficient (Wildman–Crippen LogP) is 7.49. The maximum atomic E-state index is 13.7. The van der Waals surface area contributed by atoms with Crippen molar-refractivity contribution in [1.82, 2.24) is 0 Å². The number of hydrogen-bond donors (Lipinski definition) is 1. The minimum atomic E-state index is -0.575. The number of rotatable bonds is 6. The molecule has 3 aromatic rings. The van der Waals surface area contributed by atoms with E-state index in [0.29, 0.717) is 38.8 Å². The van der Waals surface area contributed by atoms with Crippen LogP contribution in [0.15, 0.2) is 77.3 Å². The Morgan fingerprint density at radius 1 is 1.11 bits per heavy atom. The summed E-state index contributed by atoms with van der Waals surface area (Å²) in [4.78, 5) is 28.4. The summed E-state index contributed by atoms with van der Waals surface area (Å²) in [6, 6.07) is 22.1. The van der Waals surface area contributed by atoms with E-state index in [1.165, 1.54) is 16.7 Å². The third-order valence-electron chi connectivity index (χ3n) is 6.02. The van der Waals surface area contributed by atoms with Gasteiger partial charge in [0.25, 0.3) is 5.91 Å². The molecule has 0 aromatic heterocycles. The van der Waals surface area contributed by atoms with Crippen molar-refractivity contribution in [2.75, 3.05) is 10.2 Å². The zero-order valence-electron chi connectivity index (χ0n) is 20.6. The van der Waals surface area contributed by atoms with Gasteiger partial charge in [0.2, 0.25) is 5.91 Å². The van der Waals surface area contributed by atoms with Gasteiger partial charge in [0, 0.05) is 21.4 Å². The van der Waals surface area contributed by atoms with Crippen LogP contribution in [0, 0.1) is 18.3 Å². The molecule has 37 heavy (non-hydrogen) atoms. The SMILES string of the molecule is Cc1cccc(NC(=O)/C(C#N)=C2\SC(Cc3ccc(Cl)cc3Cl)C(=O)N2c2ccc(C(C)C)cc2)c1. The Kier molecular flexibility index (Phi) is 8.29. The summed E-state index contributed by atoms with van der Waals surface area (Å²) in [5.74, 6) is -0.473. The summed E-state index contributed by atoms with van der Waals surface area (Å²) < 4.78 is 0. The number of benzene rings is 3. The summed E-state index contributed by atoms with van der Waals surface area (Å²) in [5, 5.41) is 13.5. The fourth-order valence-corrected chi connectivity index (χ4v) is 5.81. The second kappa shape index (κ2) is 11.4. The molecule has 1 heterocycles. The van der Waals surface area contributed by atoms with Gasteiger partial charge in [-0.1, -0.05) is 79.1 Å². The number of amides is 2. The molecule has 3 aromatic carbocycles. The van der Waals surface area contributed by atoms with Gasteiger partial charge in [0.1, 0.15) is 16.7 Å². The van der Waals surface area contributed by atoms with Crippen molar-refractivity contribution in [3.05, 3.63) is 104 Å². The first kappa shape index (κ1) is 26.8. The molecule has 5 nitrogen and oxygen atoms in total. The molecule has 1 saturated heterocycles. The molecule has 1 aliphatic rings. The molecule has 2 amide bonds. The van der Waals surface area contributed by atoms with Gasteiger partial charge in [-0.05, 0) is 72.4 Å². The second-order valence-corrected chi connectivity index (χ2v) is 11.1. The lowest BCUT2D eigenvalue weighted by atomic mass is 10.0. The molecule has 1 atom stereocenters. The maximum absolute atomic E-state index is 13.7. The largest absolute Gasteiger partial charge is 0.321 e. The van der Waals surface area contributed by atoms with Crippen molar-refractivity contribution in [2.24, 2.45) is 0 Å². The Bertz CT molecular complexity index is 1430. The molecule has 1 aliphatic heterocycles. The van der Waals surface area contributed by atoms with E-state index >= 15 is 0 Å². The molecule has 1 unspecified atom stereocenters. The van der Waals surface area contributed by atoms with Crippen molar-refractivity contribution in [2.45, 2.75) is 38.4 Å². The normalized spacial score (nSPS) is 16.6. The molecule has 188 valence electrons. The zero-order valence-corrected chi connectivity index (χ0v) is 22.9. The Morgan fingerprint density at radius 2 is 1.84 bits per heavy atom. The average Bonchev–Trinajstić information content (AvgIpc) is 3.16. The number of anilines is 2. The molecular weight excluding hydrogens is 525 g/mol. The first-order valence-corrected chi connectivity index (χ1v) is 13.4. The van der Waals surface area contributed by atoms with Crippen molar-refractivity contribution in [3.8, 4) is 6.07 Å².